The number of aromatic nitrogens is 7. The molecular weight excluding hydrogens is 258 g/mol. The normalized spacial score (nSPS) is 10.7. The van der Waals surface area contributed by atoms with Crippen LogP contribution >= 0.6 is 0 Å². The molecule has 2 heterocycles. The van der Waals surface area contributed by atoms with Gasteiger partial charge in [0, 0.05) is 7.05 Å². The highest BCUT2D eigenvalue weighted by atomic mass is 16.5. The van der Waals surface area contributed by atoms with Gasteiger partial charge in [-0.25, -0.2) is 0 Å². The summed E-state index contributed by atoms with van der Waals surface area (Å²) in [7, 11) is 1.80. The van der Waals surface area contributed by atoms with Crippen molar-refractivity contribution >= 4 is 0 Å². The largest absolute Gasteiger partial charge is 0.455 e. The zero-order chi connectivity index (χ0) is 13.9. The lowest BCUT2D eigenvalue weighted by molar-refractivity contribution is 0.261. The maximum absolute atomic E-state index is 5.45. The molecule has 0 saturated carbocycles. The Morgan fingerprint density at radius 2 is 2.15 bits per heavy atom. The van der Waals surface area contributed by atoms with Crippen LogP contribution in [0.2, 0.25) is 0 Å². The second-order valence-electron chi connectivity index (χ2n) is 4.35. The molecule has 1 aromatic carbocycles. The summed E-state index contributed by atoms with van der Waals surface area (Å²) in [5, 5.41) is 19.8. The van der Waals surface area contributed by atoms with Gasteiger partial charge >= 0.3 is 6.01 Å². The number of tetrazole rings is 1. The van der Waals surface area contributed by atoms with E-state index in [9.17, 15) is 0 Å². The quantitative estimate of drug-likeness (QED) is 0.693. The molecule has 3 aromatic rings. The van der Waals surface area contributed by atoms with E-state index in [4.69, 9.17) is 4.74 Å². The first-order chi connectivity index (χ1) is 9.72. The van der Waals surface area contributed by atoms with Crippen molar-refractivity contribution in [3.63, 3.8) is 0 Å². The summed E-state index contributed by atoms with van der Waals surface area (Å²) in [6.45, 7) is 2.21. The van der Waals surface area contributed by atoms with Crippen molar-refractivity contribution in [1.29, 1.82) is 0 Å². The third kappa shape index (κ3) is 2.48. The fourth-order valence-corrected chi connectivity index (χ4v) is 1.70. The summed E-state index contributed by atoms with van der Waals surface area (Å²) in [4.78, 5) is 1.47. The fourth-order valence-electron chi connectivity index (χ4n) is 1.70. The Hall–Kier alpha value is -2.77. The van der Waals surface area contributed by atoms with Crippen molar-refractivity contribution in [3.05, 3.63) is 42.0 Å². The number of aryl methyl sites for hydroxylation is 2. The number of rotatable bonds is 4. The molecule has 0 aliphatic carbocycles. The lowest BCUT2D eigenvalue weighted by atomic mass is 10.2. The van der Waals surface area contributed by atoms with Gasteiger partial charge in [-0.15, -0.1) is 20.1 Å². The highest BCUT2D eigenvalue weighted by molar-refractivity contribution is 5.32. The highest BCUT2D eigenvalue weighted by Gasteiger charge is 2.08. The molecule has 0 aliphatic rings. The van der Waals surface area contributed by atoms with E-state index in [2.05, 4.69) is 25.6 Å². The summed E-state index contributed by atoms with van der Waals surface area (Å²) in [5.41, 5.74) is 2.00. The van der Waals surface area contributed by atoms with Crippen LogP contribution in [0.25, 0.3) is 5.69 Å². The summed E-state index contributed by atoms with van der Waals surface area (Å²) in [6.07, 6.45) is 1.56. The van der Waals surface area contributed by atoms with E-state index in [0.29, 0.717) is 11.8 Å². The molecule has 8 heteroatoms. The standard InChI is InChI=1S/C12H13N7O/c1-9-4-3-5-10(6-9)19-16-11(14-17-19)7-20-12-15-13-8-18(12)2/h3-6,8H,7H2,1-2H3. The van der Waals surface area contributed by atoms with Gasteiger partial charge in [0.2, 0.25) is 5.82 Å². The van der Waals surface area contributed by atoms with Crippen molar-refractivity contribution in [1.82, 2.24) is 35.0 Å². The van der Waals surface area contributed by atoms with Crippen LogP contribution in [0.1, 0.15) is 11.4 Å². The van der Waals surface area contributed by atoms with Crippen LogP contribution in [0.4, 0.5) is 0 Å². The Balaban J connectivity index is 1.72. The summed E-state index contributed by atoms with van der Waals surface area (Å²) in [5.74, 6) is 0.481. The van der Waals surface area contributed by atoms with Gasteiger partial charge in [-0.2, -0.15) is 0 Å². The second-order valence-corrected chi connectivity index (χ2v) is 4.35. The molecule has 0 saturated heterocycles. The Kier molecular flexibility index (Phi) is 3.12. The molecule has 0 spiro atoms. The average Bonchev–Trinajstić information content (AvgIpc) is 3.05. The van der Waals surface area contributed by atoms with Crippen LogP contribution in [0, 0.1) is 6.92 Å². The minimum atomic E-state index is 0.193. The monoisotopic (exact) mass is 271 g/mol. The van der Waals surface area contributed by atoms with Crippen LogP contribution in [-0.4, -0.2) is 35.0 Å². The van der Waals surface area contributed by atoms with Gasteiger partial charge in [0.1, 0.15) is 6.33 Å². The predicted molar refractivity (Wildman–Crippen MR) is 69.2 cm³/mol. The zero-order valence-electron chi connectivity index (χ0n) is 11.1. The van der Waals surface area contributed by atoms with Gasteiger partial charge < -0.3 is 4.74 Å². The van der Waals surface area contributed by atoms with Gasteiger partial charge in [-0.05, 0) is 29.8 Å². The van der Waals surface area contributed by atoms with Gasteiger partial charge in [0.25, 0.3) is 0 Å². The van der Waals surface area contributed by atoms with E-state index in [1.54, 1.807) is 17.9 Å². The molecule has 0 aliphatic heterocycles. The molecule has 102 valence electrons. The van der Waals surface area contributed by atoms with Crippen LogP contribution in [0.5, 0.6) is 6.01 Å². The van der Waals surface area contributed by atoms with Gasteiger partial charge in [0.05, 0.1) is 5.69 Å². The van der Waals surface area contributed by atoms with E-state index in [-0.39, 0.29) is 6.61 Å². The van der Waals surface area contributed by atoms with Crippen LogP contribution < -0.4 is 4.74 Å². The minimum absolute atomic E-state index is 0.193. The van der Waals surface area contributed by atoms with E-state index in [1.807, 2.05) is 31.2 Å². The van der Waals surface area contributed by atoms with Crippen molar-refractivity contribution in [2.75, 3.05) is 0 Å². The molecule has 20 heavy (non-hydrogen) atoms. The molecule has 0 fully saturated rings. The minimum Gasteiger partial charge on any atom is -0.455 e. The highest BCUT2D eigenvalue weighted by Crippen LogP contribution is 2.08. The third-order valence-electron chi connectivity index (χ3n) is 2.69. The van der Waals surface area contributed by atoms with Gasteiger partial charge in [-0.3, -0.25) is 4.57 Å². The lowest BCUT2D eigenvalue weighted by Crippen LogP contribution is -2.03. The third-order valence-corrected chi connectivity index (χ3v) is 2.69. The van der Waals surface area contributed by atoms with Crippen molar-refractivity contribution in [2.24, 2.45) is 7.05 Å². The Morgan fingerprint density at radius 1 is 1.25 bits per heavy atom. The van der Waals surface area contributed by atoms with Gasteiger partial charge in [0.15, 0.2) is 6.61 Å². The number of ether oxygens (including phenoxy) is 1. The lowest BCUT2D eigenvalue weighted by Gasteiger charge is -2.00. The molecule has 2 aromatic heterocycles. The number of hydrogen-bond acceptors (Lipinski definition) is 6. The number of hydrogen-bond donors (Lipinski definition) is 0. The summed E-state index contributed by atoms with van der Waals surface area (Å²) < 4.78 is 7.12. The van der Waals surface area contributed by atoms with E-state index < -0.39 is 0 Å². The van der Waals surface area contributed by atoms with Crippen LogP contribution in [0.3, 0.4) is 0 Å². The summed E-state index contributed by atoms with van der Waals surface area (Å²) >= 11 is 0. The van der Waals surface area contributed by atoms with Gasteiger partial charge in [-0.1, -0.05) is 17.2 Å². The molecule has 0 amide bonds. The van der Waals surface area contributed by atoms with E-state index in [1.165, 1.54) is 4.80 Å². The molecule has 0 atom stereocenters. The summed E-state index contributed by atoms with van der Waals surface area (Å²) in [6, 6.07) is 8.27. The molecule has 0 N–H and O–H groups in total. The molecular formula is C12H13N7O. The predicted octanol–water partition coefficient (Wildman–Crippen LogP) is 0.678. The molecule has 0 unspecified atom stereocenters. The maximum atomic E-state index is 5.45. The number of nitrogens with zero attached hydrogens (tertiary/aromatic N) is 7. The van der Waals surface area contributed by atoms with Crippen molar-refractivity contribution in [3.8, 4) is 11.7 Å². The SMILES string of the molecule is Cc1cccc(-n2nnc(COc3nncn3C)n2)c1. The molecule has 0 bridgehead atoms. The van der Waals surface area contributed by atoms with Crippen LogP contribution in [0.15, 0.2) is 30.6 Å². The van der Waals surface area contributed by atoms with Crippen molar-refractivity contribution in [2.45, 2.75) is 13.5 Å². The Morgan fingerprint density at radius 3 is 2.90 bits per heavy atom. The van der Waals surface area contributed by atoms with Crippen LogP contribution in [-0.2, 0) is 13.7 Å². The first-order valence-electron chi connectivity index (χ1n) is 6.05. The number of benzene rings is 1. The maximum Gasteiger partial charge on any atom is 0.316 e. The zero-order valence-corrected chi connectivity index (χ0v) is 11.1. The molecule has 8 nitrogen and oxygen atoms in total. The smallest absolute Gasteiger partial charge is 0.316 e. The molecule has 0 radical (unpaired) electrons. The van der Waals surface area contributed by atoms with E-state index >= 15 is 0 Å². The Bertz CT molecular complexity index is 718. The van der Waals surface area contributed by atoms with Crippen molar-refractivity contribution < 1.29 is 4.74 Å². The fraction of sp³-hybridized carbons (Fsp3) is 0.250. The first kappa shape index (κ1) is 12.3. The average molecular weight is 271 g/mol. The topological polar surface area (TPSA) is 83.5 Å². The second kappa shape index (κ2) is 5.08. The van der Waals surface area contributed by atoms with E-state index in [0.717, 1.165) is 11.3 Å². The molecule has 3 rings (SSSR count). The Labute approximate surface area is 115 Å². The first-order valence-corrected chi connectivity index (χ1v) is 6.05.